The number of nitrogens with zero attached hydrogens (tertiary/aromatic N) is 6. The highest BCUT2D eigenvalue weighted by Gasteiger charge is 2.31. The van der Waals surface area contributed by atoms with Crippen LogP contribution in [0.2, 0.25) is 0 Å². The maximum absolute atomic E-state index is 13.2. The minimum absolute atomic E-state index is 0.0593. The Morgan fingerprint density at radius 2 is 2.10 bits per heavy atom. The topological polar surface area (TPSA) is 85.0 Å². The number of hydrogen-bond donors (Lipinski definition) is 0. The van der Waals surface area contributed by atoms with Gasteiger partial charge in [-0.1, -0.05) is 5.18 Å². The van der Waals surface area contributed by atoms with Gasteiger partial charge in [-0.25, -0.2) is 23.3 Å². The van der Waals surface area contributed by atoms with Crippen LogP contribution in [0.4, 0.5) is 8.78 Å². The number of hydrogen-bond acceptors (Lipinski definition) is 8. The number of likely N-dealkylation sites (tertiary alicyclic amines) is 1. The van der Waals surface area contributed by atoms with Gasteiger partial charge in [0.25, 0.3) is 6.43 Å². The van der Waals surface area contributed by atoms with Gasteiger partial charge in [0, 0.05) is 12.4 Å². The van der Waals surface area contributed by atoms with Crippen molar-refractivity contribution in [2.75, 3.05) is 26.2 Å². The van der Waals surface area contributed by atoms with Crippen molar-refractivity contribution < 1.29 is 13.5 Å². The summed E-state index contributed by atoms with van der Waals surface area (Å²) in [4.78, 5) is 21.5. The van der Waals surface area contributed by atoms with Gasteiger partial charge in [0.15, 0.2) is 0 Å². The van der Waals surface area contributed by atoms with E-state index in [1.54, 1.807) is 23.1 Å². The standard InChI is InChI=1S/C18H20F2N6O2S/c19-17(20)15-16(29-11-22-15)14(9-24-27)25-6-2-12(3-7-25)10-28-18-13-1-4-23-26(13)8-5-21-18/h1,4-5,8,11-12,14,17H,2-3,6-7,9-10H2. The van der Waals surface area contributed by atoms with Gasteiger partial charge in [0.05, 0.1) is 29.2 Å². The van der Waals surface area contributed by atoms with Gasteiger partial charge in [-0.2, -0.15) is 10.0 Å². The number of ether oxygens (including phenoxy) is 1. The van der Waals surface area contributed by atoms with Crippen molar-refractivity contribution in [2.45, 2.75) is 25.3 Å². The summed E-state index contributed by atoms with van der Waals surface area (Å²) in [5.41, 5.74) is 1.97. The van der Waals surface area contributed by atoms with Crippen LogP contribution in [-0.2, 0) is 0 Å². The number of alkyl halides is 2. The van der Waals surface area contributed by atoms with Gasteiger partial charge in [-0.15, -0.1) is 11.3 Å². The van der Waals surface area contributed by atoms with Crippen molar-refractivity contribution in [1.82, 2.24) is 24.5 Å². The number of nitroso groups, excluding NO2 is 1. The Kier molecular flexibility index (Phi) is 6.05. The number of fused-ring (bicyclic) bond motifs is 1. The van der Waals surface area contributed by atoms with Crippen molar-refractivity contribution in [3.8, 4) is 5.88 Å². The molecule has 0 aromatic carbocycles. The zero-order chi connectivity index (χ0) is 20.2. The Bertz CT molecular complexity index is 957. The Hall–Kier alpha value is -2.53. The minimum Gasteiger partial charge on any atom is -0.476 e. The second-order valence-electron chi connectivity index (χ2n) is 6.91. The van der Waals surface area contributed by atoms with Crippen LogP contribution < -0.4 is 4.74 Å². The lowest BCUT2D eigenvalue weighted by molar-refractivity contribution is 0.104. The predicted octanol–water partition coefficient (Wildman–Crippen LogP) is 3.72. The normalized spacial score (nSPS) is 17.1. The van der Waals surface area contributed by atoms with Gasteiger partial charge >= 0.3 is 0 Å². The fraction of sp³-hybridized carbons (Fsp3) is 0.500. The fourth-order valence-corrected chi connectivity index (χ4v) is 4.61. The van der Waals surface area contributed by atoms with Crippen LogP contribution in [0.25, 0.3) is 5.52 Å². The molecule has 0 spiro atoms. The first-order valence-electron chi connectivity index (χ1n) is 9.33. The number of halogens is 2. The first-order chi connectivity index (χ1) is 14.2. The molecule has 1 atom stereocenters. The van der Waals surface area contributed by atoms with E-state index in [-0.39, 0.29) is 12.2 Å². The van der Waals surface area contributed by atoms with E-state index in [0.29, 0.717) is 36.4 Å². The molecule has 1 aliphatic rings. The second-order valence-corrected chi connectivity index (χ2v) is 7.80. The fourth-order valence-electron chi connectivity index (χ4n) is 3.68. The lowest BCUT2D eigenvalue weighted by atomic mass is 9.96. The van der Waals surface area contributed by atoms with Crippen LogP contribution in [0.5, 0.6) is 5.88 Å². The molecule has 1 saturated heterocycles. The maximum Gasteiger partial charge on any atom is 0.281 e. The Morgan fingerprint density at radius 3 is 2.86 bits per heavy atom. The van der Waals surface area contributed by atoms with Crippen LogP contribution in [0.1, 0.15) is 35.9 Å². The van der Waals surface area contributed by atoms with Crippen molar-refractivity contribution in [1.29, 1.82) is 0 Å². The summed E-state index contributed by atoms with van der Waals surface area (Å²) >= 11 is 1.16. The number of thiazole rings is 1. The summed E-state index contributed by atoms with van der Waals surface area (Å²) in [6.45, 7) is 1.82. The molecule has 0 radical (unpaired) electrons. The average Bonchev–Trinajstić information content (AvgIpc) is 3.40. The zero-order valence-corrected chi connectivity index (χ0v) is 16.3. The predicted molar refractivity (Wildman–Crippen MR) is 103 cm³/mol. The molecule has 3 aromatic heterocycles. The first-order valence-corrected chi connectivity index (χ1v) is 10.2. The molecule has 4 rings (SSSR count). The highest BCUT2D eigenvalue weighted by atomic mass is 32.1. The summed E-state index contributed by atoms with van der Waals surface area (Å²) in [6.07, 6.45) is 4.10. The molecule has 0 N–H and O–H groups in total. The van der Waals surface area contributed by atoms with E-state index in [1.165, 1.54) is 5.51 Å². The van der Waals surface area contributed by atoms with Gasteiger partial charge in [-0.3, -0.25) is 4.90 Å². The van der Waals surface area contributed by atoms with Crippen molar-refractivity contribution in [2.24, 2.45) is 11.1 Å². The summed E-state index contributed by atoms with van der Waals surface area (Å²) < 4.78 is 34.1. The molecule has 0 aliphatic carbocycles. The van der Waals surface area contributed by atoms with E-state index in [4.69, 9.17) is 4.74 Å². The van der Waals surface area contributed by atoms with Crippen LogP contribution >= 0.6 is 11.3 Å². The number of aromatic nitrogens is 4. The molecule has 0 saturated carbocycles. The molecule has 1 fully saturated rings. The molecule has 29 heavy (non-hydrogen) atoms. The molecule has 0 bridgehead atoms. The monoisotopic (exact) mass is 422 g/mol. The molecule has 1 unspecified atom stereocenters. The average molecular weight is 422 g/mol. The van der Waals surface area contributed by atoms with Crippen molar-refractivity contribution in [3.63, 3.8) is 0 Å². The Balaban J connectivity index is 1.37. The third-order valence-corrected chi connectivity index (χ3v) is 6.16. The lowest BCUT2D eigenvalue weighted by Gasteiger charge is -2.36. The molecular weight excluding hydrogens is 402 g/mol. The van der Waals surface area contributed by atoms with Gasteiger partial charge < -0.3 is 4.74 Å². The van der Waals surface area contributed by atoms with E-state index in [1.807, 2.05) is 11.0 Å². The zero-order valence-electron chi connectivity index (χ0n) is 15.5. The van der Waals surface area contributed by atoms with E-state index in [0.717, 1.165) is 29.7 Å². The highest BCUT2D eigenvalue weighted by molar-refractivity contribution is 7.09. The van der Waals surface area contributed by atoms with E-state index >= 15 is 0 Å². The first kappa shape index (κ1) is 19.8. The van der Waals surface area contributed by atoms with E-state index in [9.17, 15) is 13.7 Å². The van der Waals surface area contributed by atoms with Gasteiger partial charge in [0.1, 0.15) is 17.8 Å². The quantitative estimate of drug-likeness (QED) is 0.515. The largest absolute Gasteiger partial charge is 0.476 e. The van der Waals surface area contributed by atoms with Crippen LogP contribution in [0, 0.1) is 10.8 Å². The minimum atomic E-state index is -2.66. The van der Waals surface area contributed by atoms with Crippen molar-refractivity contribution in [3.05, 3.63) is 45.6 Å². The molecule has 11 heteroatoms. The Morgan fingerprint density at radius 1 is 1.28 bits per heavy atom. The molecule has 1 aliphatic heterocycles. The van der Waals surface area contributed by atoms with E-state index < -0.39 is 12.5 Å². The molecule has 8 nitrogen and oxygen atoms in total. The highest BCUT2D eigenvalue weighted by Crippen LogP contribution is 2.35. The number of piperidine rings is 1. The molecule has 4 heterocycles. The lowest BCUT2D eigenvalue weighted by Crippen LogP contribution is -2.39. The van der Waals surface area contributed by atoms with Gasteiger partial charge in [0.2, 0.25) is 5.88 Å². The summed E-state index contributed by atoms with van der Waals surface area (Å²) in [6, 6.07) is 1.39. The third-order valence-electron chi connectivity index (χ3n) is 5.22. The van der Waals surface area contributed by atoms with Crippen LogP contribution in [0.3, 0.4) is 0 Å². The molecular formula is C18H20F2N6O2S. The van der Waals surface area contributed by atoms with Crippen LogP contribution in [-0.4, -0.2) is 50.7 Å². The summed E-state index contributed by atoms with van der Waals surface area (Å²) in [5, 5.41) is 7.15. The van der Waals surface area contributed by atoms with Gasteiger partial charge in [-0.05, 0) is 37.9 Å². The number of rotatable bonds is 8. The molecule has 154 valence electrons. The smallest absolute Gasteiger partial charge is 0.281 e. The van der Waals surface area contributed by atoms with E-state index in [2.05, 4.69) is 20.2 Å². The SMILES string of the molecule is O=NCC(c1scnc1C(F)F)N1CCC(COc2nccn3nccc23)CC1. The second kappa shape index (κ2) is 8.87. The maximum atomic E-state index is 13.2. The third kappa shape index (κ3) is 4.25. The summed E-state index contributed by atoms with van der Waals surface area (Å²) in [5.74, 6) is 0.860. The van der Waals surface area contributed by atoms with Crippen LogP contribution in [0.15, 0.2) is 35.3 Å². The Labute approximate surface area is 169 Å². The summed E-state index contributed by atoms with van der Waals surface area (Å²) in [7, 11) is 0. The molecule has 3 aromatic rings. The van der Waals surface area contributed by atoms with Crippen molar-refractivity contribution >= 4 is 16.9 Å². The molecule has 0 amide bonds.